The van der Waals surface area contributed by atoms with Gasteiger partial charge >= 0.3 is 0 Å². The topological polar surface area (TPSA) is 59.0 Å². The van der Waals surface area contributed by atoms with Crippen molar-refractivity contribution >= 4 is 5.91 Å². The summed E-state index contributed by atoms with van der Waals surface area (Å²) < 4.78 is 1.86. The average Bonchev–Trinajstić information content (AvgIpc) is 2.69. The molecule has 0 saturated carbocycles. The van der Waals surface area contributed by atoms with Crippen LogP contribution in [0.1, 0.15) is 31.0 Å². The first-order valence-electron chi connectivity index (χ1n) is 6.20. The SMILES string of the molecule is CCc1nn(C)cc1CNC1CCC(=O)NC1. The number of piperidine rings is 1. The molecule has 0 aliphatic carbocycles. The van der Waals surface area contributed by atoms with Gasteiger partial charge in [0.05, 0.1) is 5.69 Å². The molecule has 0 aromatic carbocycles. The summed E-state index contributed by atoms with van der Waals surface area (Å²) in [5.41, 5.74) is 2.41. The maximum absolute atomic E-state index is 11.0. The number of hydrogen-bond donors (Lipinski definition) is 2. The second-order valence-corrected chi connectivity index (χ2v) is 4.55. The zero-order valence-corrected chi connectivity index (χ0v) is 10.5. The summed E-state index contributed by atoms with van der Waals surface area (Å²) in [4.78, 5) is 11.0. The molecule has 2 rings (SSSR count). The minimum absolute atomic E-state index is 0.165. The third kappa shape index (κ3) is 3.06. The van der Waals surface area contributed by atoms with Crippen molar-refractivity contribution in [1.82, 2.24) is 20.4 Å². The Morgan fingerprint density at radius 1 is 1.65 bits per heavy atom. The van der Waals surface area contributed by atoms with Gasteiger partial charge in [0.25, 0.3) is 0 Å². The zero-order chi connectivity index (χ0) is 12.3. The first-order valence-corrected chi connectivity index (χ1v) is 6.20. The van der Waals surface area contributed by atoms with Crippen molar-refractivity contribution in [2.75, 3.05) is 6.54 Å². The third-order valence-corrected chi connectivity index (χ3v) is 3.17. The fourth-order valence-electron chi connectivity index (χ4n) is 2.19. The predicted octanol–water partition coefficient (Wildman–Crippen LogP) is 0.351. The van der Waals surface area contributed by atoms with Gasteiger partial charge in [-0.15, -0.1) is 0 Å². The number of nitrogens with zero attached hydrogens (tertiary/aromatic N) is 2. The van der Waals surface area contributed by atoms with Crippen LogP contribution in [-0.2, 0) is 24.8 Å². The molecule has 1 fully saturated rings. The quantitative estimate of drug-likeness (QED) is 0.793. The highest BCUT2D eigenvalue weighted by molar-refractivity contribution is 5.76. The van der Waals surface area contributed by atoms with E-state index < -0.39 is 0 Å². The molecule has 0 spiro atoms. The predicted molar refractivity (Wildman–Crippen MR) is 65.5 cm³/mol. The summed E-state index contributed by atoms with van der Waals surface area (Å²) in [5.74, 6) is 0.165. The first-order chi connectivity index (χ1) is 8.19. The molecule has 5 heteroatoms. The van der Waals surface area contributed by atoms with Crippen LogP contribution in [0.5, 0.6) is 0 Å². The van der Waals surface area contributed by atoms with Crippen LogP contribution in [0.2, 0.25) is 0 Å². The Balaban J connectivity index is 1.86. The lowest BCUT2D eigenvalue weighted by Gasteiger charge is -2.23. The summed E-state index contributed by atoms with van der Waals surface area (Å²) in [7, 11) is 1.95. The number of rotatable bonds is 4. The van der Waals surface area contributed by atoms with Crippen LogP contribution >= 0.6 is 0 Å². The Morgan fingerprint density at radius 3 is 3.12 bits per heavy atom. The van der Waals surface area contributed by atoms with Crippen LogP contribution in [0.25, 0.3) is 0 Å². The van der Waals surface area contributed by atoms with E-state index in [-0.39, 0.29) is 5.91 Å². The van der Waals surface area contributed by atoms with Crippen molar-refractivity contribution in [3.63, 3.8) is 0 Å². The number of aryl methyl sites for hydroxylation is 2. The van der Waals surface area contributed by atoms with Crippen molar-refractivity contribution in [3.05, 3.63) is 17.5 Å². The molecule has 1 aliphatic rings. The van der Waals surface area contributed by atoms with Gasteiger partial charge in [-0.05, 0) is 12.8 Å². The van der Waals surface area contributed by atoms with Crippen molar-refractivity contribution in [2.24, 2.45) is 7.05 Å². The summed E-state index contributed by atoms with van der Waals surface area (Å²) >= 11 is 0. The fraction of sp³-hybridized carbons (Fsp3) is 0.667. The molecule has 1 saturated heterocycles. The largest absolute Gasteiger partial charge is 0.355 e. The van der Waals surface area contributed by atoms with Crippen molar-refractivity contribution < 1.29 is 4.79 Å². The first kappa shape index (κ1) is 12.1. The van der Waals surface area contributed by atoms with Crippen LogP contribution in [0, 0.1) is 0 Å². The van der Waals surface area contributed by atoms with Crippen molar-refractivity contribution in [2.45, 2.75) is 38.8 Å². The highest BCUT2D eigenvalue weighted by Crippen LogP contribution is 2.09. The Labute approximate surface area is 102 Å². The summed E-state index contributed by atoms with van der Waals surface area (Å²) in [5, 5.41) is 10.8. The van der Waals surface area contributed by atoms with Gasteiger partial charge in [0.15, 0.2) is 0 Å². The number of carbonyl (C=O) groups is 1. The van der Waals surface area contributed by atoms with E-state index in [4.69, 9.17) is 0 Å². The van der Waals surface area contributed by atoms with Crippen LogP contribution in [0.3, 0.4) is 0 Å². The molecule has 94 valence electrons. The van der Waals surface area contributed by atoms with E-state index in [1.165, 1.54) is 5.56 Å². The third-order valence-electron chi connectivity index (χ3n) is 3.17. The van der Waals surface area contributed by atoms with Gasteiger partial charge in [0.1, 0.15) is 0 Å². The number of amides is 1. The summed E-state index contributed by atoms with van der Waals surface area (Å²) in [6, 6.07) is 0.387. The van der Waals surface area contributed by atoms with Gasteiger partial charge in [-0.1, -0.05) is 6.92 Å². The standard InChI is InChI=1S/C12H20N4O/c1-3-11-9(8-16(2)15-11)6-13-10-4-5-12(17)14-7-10/h8,10,13H,3-7H2,1-2H3,(H,14,17). The van der Waals surface area contributed by atoms with E-state index >= 15 is 0 Å². The summed E-state index contributed by atoms with van der Waals surface area (Å²) in [6.45, 7) is 3.69. The normalized spacial score (nSPS) is 20.4. The Kier molecular flexibility index (Phi) is 3.78. The lowest BCUT2D eigenvalue weighted by atomic mass is 10.1. The maximum atomic E-state index is 11.0. The minimum atomic E-state index is 0.165. The molecule has 1 amide bonds. The molecule has 0 bridgehead atoms. The van der Waals surface area contributed by atoms with E-state index in [1.807, 2.05) is 11.7 Å². The number of nitrogens with one attached hydrogen (secondary N) is 2. The van der Waals surface area contributed by atoms with E-state index in [9.17, 15) is 4.79 Å². The Bertz CT molecular complexity index is 389. The number of hydrogen-bond acceptors (Lipinski definition) is 3. The molecule has 17 heavy (non-hydrogen) atoms. The van der Waals surface area contributed by atoms with Crippen LogP contribution in [0.15, 0.2) is 6.20 Å². The van der Waals surface area contributed by atoms with E-state index in [1.54, 1.807) is 0 Å². The molecular weight excluding hydrogens is 216 g/mol. The van der Waals surface area contributed by atoms with E-state index in [0.29, 0.717) is 12.5 Å². The summed E-state index contributed by atoms with van der Waals surface area (Å²) in [6.07, 6.45) is 4.57. The smallest absolute Gasteiger partial charge is 0.220 e. The van der Waals surface area contributed by atoms with Gasteiger partial charge in [-0.2, -0.15) is 5.10 Å². The molecule has 2 N–H and O–H groups in total. The van der Waals surface area contributed by atoms with E-state index in [2.05, 4.69) is 28.9 Å². The minimum Gasteiger partial charge on any atom is -0.355 e. The molecule has 1 atom stereocenters. The maximum Gasteiger partial charge on any atom is 0.220 e. The molecule has 1 unspecified atom stereocenters. The van der Waals surface area contributed by atoms with Crippen molar-refractivity contribution in [1.29, 1.82) is 0 Å². The second-order valence-electron chi connectivity index (χ2n) is 4.55. The fourth-order valence-corrected chi connectivity index (χ4v) is 2.19. The van der Waals surface area contributed by atoms with E-state index in [0.717, 1.165) is 31.6 Å². The Hall–Kier alpha value is -1.36. The molecule has 2 heterocycles. The highest BCUT2D eigenvalue weighted by Gasteiger charge is 2.17. The molecule has 5 nitrogen and oxygen atoms in total. The zero-order valence-electron chi connectivity index (χ0n) is 10.5. The van der Waals surface area contributed by atoms with Crippen molar-refractivity contribution in [3.8, 4) is 0 Å². The highest BCUT2D eigenvalue weighted by atomic mass is 16.1. The second kappa shape index (κ2) is 5.31. The monoisotopic (exact) mass is 236 g/mol. The number of aromatic nitrogens is 2. The van der Waals surface area contributed by atoms with Crippen LogP contribution in [-0.4, -0.2) is 28.3 Å². The molecule has 1 aliphatic heterocycles. The average molecular weight is 236 g/mol. The van der Waals surface area contributed by atoms with Gasteiger partial charge in [0.2, 0.25) is 5.91 Å². The molecule has 1 aromatic rings. The van der Waals surface area contributed by atoms with Crippen LogP contribution < -0.4 is 10.6 Å². The lowest BCUT2D eigenvalue weighted by molar-refractivity contribution is -0.122. The van der Waals surface area contributed by atoms with Gasteiger partial charge < -0.3 is 10.6 Å². The molecule has 0 radical (unpaired) electrons. The molecular formula is C12H20N4O. The van der Waals surface area contributed by atoms with Gasteiger partial charge in [-0.25, -0.2) is 0 Å². The van der Waals surface area contributed by atoms with Crippen LogP contribution in [0.4, 0.5) is 0 Å². The van der Waals surface area contributed by atoms with Gasteiger partial charge in [-0.3, -0.25) is 9.48 Å². The molecule has 1 aromatic heterocycles. The number of carbonyl (C=O) groups excluding carboxylic acids is 1. The van der Waals surface area contributed by atoms with Gasteiger partial charge in [0, 0.05) is 44.4 Å². The lowest BCUT2D eigenvalue weighted by Crippen LogP contribution is -2.45. The Morgan fingerprint density at radius 2 is 2.47 bits per heavy atom.